The third-order valence-corrected chi connectivity index (χ3v) is 3.59. The van der Waals surface area contributed by atoms with Gasteiger partial charge >= 0.3 is 6.18 Å². The minimum atomic E-state index is -4.30. The molecule has 0 aliphatic carbocycles. The minimum absolute atomic E-state index is 0. The van der Waals surface area contributed by atoms with E-state index in [1.807, 2.05) is 19.0 Å². The molecule has 0 fully saturated rings. The van der Waals surface area contributed by atoms with Crippen LogP contribution in [0.4, 0.5) is 13.2 Å². The maximum Gasteiger partial charge on any atom is 0.416 e. The predicted octanol–water partition coefficient (Wildman–Crippen LogP) is 3.28. The second-order valence-corrected chi connectivity index (χ2v) is 5.42. The summed E-state index contributed by atoms with van der Waals surface area (Å²) < 4.78 is 37.7. The van der Waals surface area contributed by atoms with Gasteiger partial charge in [-0.05, 0) is 31.3 Å². The Labute approximate surface area is 159 Å². The number of hydrogen-bond donors (Lipinski definition) is 1. The van der Waals surface area contributed by atoms with E-state index in [1.165, 1.54) is 12.1 Å². The van der Waals surface area contributed by atoms with E-state index in [4.69, 9.17) is 0 Å². The normalized spacial score (nSPS) is 12.1. The van der Waals surface area contributed by atoms with Crippen molar-refractivity contribution < 1.29 is 13.2 Å². The fourth-order valence-corrected chi connectivity index (χ4v) is 2.05. The highest BCUT2D eigenvalue weighted by atomic mass is 127. The molecule has 1 rings (SSSR count). The molecule has 0 heterocycles. The Morgan fingerprint density at radius 3 is 2.21 bits per heavy atom. The zero-order valence-corrected chi connectivity index (χ0v) is 16.9. The quantitative estimate of drug-likeness (QED) is 0.404. The van der Waals surface area contributed by atoms with Gasteiger partial charge in [0.15, 0.2) is 5.96 Å². The van der Waals surface area contributed by atoms with E-state index in [0.29, 0.717) is 6.54 Å². The minimum Gasteiger partial charge on any atom is -0.355 e. The molecule has 0 bridgehead atoms. The van der Waals surface area contributed by atoms with Gasteiger partial charge in [0.05, 0.1) is 5.56 Å². The van der Waals surface area contributed by atoms with Crippen molar-refractivity contribution in [2.75, 3.05) is 40.8 Å². The Morgan fingerprint density at radius 1 is 1.17 bits per heavy atom. The second kappa shape index (κ2) is 10.8. The van der Waals surface area contributed by atoms with Crippen LogP contribution in [0.2, 0.25) is 0 Å². The summed E-state index contributed by atoms with van der Waals surface area (Å²) in [5.41, 5.74) is 0.170. The van der Waals surface area contributed by atoms with Crippen LogP contribution in [0.5, 0.6) is 0 Å². The molecule has 0 saturated heterocycles. The number of halogens is 4. The molecule has 1 aromatic carbocycles. The van der Waals surface area contributed by atoms with Crippen molar-refractivity contribution in [2.45, 2.75) is 19.6 Å². The van der Waals surface area contributed by atoms with Crippen LogP contribution < -0.4 is 5.32 Å². The molecule has 0 aliphatic rings. The molecule has 0 atom stereocenters. The van der Waals surface area contributed by atoms with Crippen LogP contribution in [0.15, 0.2) is 29.3 Å². The third-order valence-electron chi connectivity index (χ3n) is 3.59. The van der Waals surface area contributed by atoms with Crippen molar-refractivity contribution in [3.63, 3.8) is 0 Å². The van der Waals surface area contributed by atoms with Gasteiger partial charge in [-0.25, -0.2) is 0 Å². The Kier molecular flexibility index (Phi) is 10.3. The highest BCUT2D eigenvalue weighted by Crippen LogP contribution is 2.29. The molecule has 0 amide bonds. The van der Waals surface area contributed by atoms with Gasteiger partial charge < -0.3 is 15.1 Å². The molecule has 8 heteroatoms. The maximum atomic E-state index is 12.6. The van der Waals surface area contributed by atoms with E-state index in [1.54, 1.807) is 7.05 Å². The Bertz CT molecular complexity index is 503. The molecule has 0 saturated carbocycles. The number of nitrogens with one attached hydrogen (secondary N) is 1. The average molecular weight is 458 g/mol. The standard InChI is InChI=1S/C16H25F3N4.HI/c1-5-22(3)11-10-21-15(20-2)23(4)12-13-6-8-14(9-7-13)16(17,18)19;/h6-9H,5,10-12H2,1-4H3,(H,20,21);1H. The van der Waals surface area contributed by atoms with Gasteiger partial charge in [-0.15, -0.1) is 24.0 Å². The summed E-state index contributed by atoms with van der Waals surface area (Å²) in [6.45, 7) is 5.20. The van der Waals surface area contributed by atoms with Gasteiger partial charge in [0.2, 0.25) is 0 Å². The fraction of sp³-hybridized carbons (Fsp3) is 0.562. The first-order valence-corrected chi connectivity index (χ1v) is 7.54. The van der Waals surface area contributed by atoms with Crippen LogP contribution in [0.25, 0.3) is 0 Å². The smallest absolute Gasteiger partial charge is 0.355 e. The van der Waals surface area contributed by atoms with Gasteiger partial charge in [-0.3, -0.25) is 4.99 Å². The van der Waals surface area contributed by atoms with Crippen molar-refractivity contribution >= 4 is 29.9 Å². The predicted molar refractivity (Wildman–Crippen MR) is 103 cm³/mol. The molecule has 0 aliphatic heterocycles. The lowest BCUT2D eigenvalue weighted by Gasteiger charge is -2.23. The van der Waals surface area contributed by atoms with E-state index in [2.05, 4.69) is 22.1 Å². The fourth-order valence-electron chi connectivity index (χ4n) is 2.05. The summed E-state index contributed by atoms with van der Waals surface area (Å²) in [4.78, 5) is 8.26. The molecular formula is C16H26F3IN4. The Hall–Kier alpha value is -1.03. The van der Waals surface area contributed by atoms with Crippen LogP contribution in [-0.4, -0.2) is 56.5 Å². The zero-order valence-electron chi connectivity index (χ0n) is 14.5. The molecule has 0 radical (unpaired) electrons. The van der Waals surface area contributed by atoms with Crippen LogP contribution in [-0.2, 0) is 12.7 Å². The van der Waals surface area contributed by atoms with E-state index in [-0.39, 0.29) is 24.0 Å². The van der Waals surface area contributed by atoms with Gasteiger partial charge in [0, 0.05) is 33.7 Å². The summed E-state index contributed by atoms with van der Waals surface area (Å²) in [5.74, 6) is 0.717. The van der Waals surface area contributed by atoms with Crippen LogP contribution >= 0.6 is 24.0 Å². The molecule has 1 N–H and O–H groups in total. The monoisotopic (exact) mass is 458 g/mol. The molecular weight excluding hydrogens is 432 g/mol. The summed E-state index contributed by atoms with van der Waals surface area (Å²) in [6.07, 6.45) is -4.30. The molecule has 0 unspecified atom stereocenters. The van der Waals surface area contributed by atoms with Crippen molar-refractivity contribution in [1.29, 1.82) is 0 Å². The van der Waals surface area contributed by atoms with E-state index in [9.17, 15) is 13.2 Å². The number of rotatable bonds is 6. The molecule has 0 aromatic heterocycles. The summed E-state index contributed by atoms with van der Waals surface area (Å²) in [6, 6.07) is 5.21. The summed E-state index contributed by atoms with van der Waals surface area (Å²) in [7, 11) is 5.59. The first kappa shape index (κ1) is 23.0. The number of benzene rings is 1. The van der Waals surface area contributed by atoms with Crippen LogP contribution in [0.3, 0.4) is 0 Å². The van der Waals surface area contributed by atoms with Gasteiger partial charge in [-0.2, -0.15) is 13.2 Å². The number of alkyl halides is 3. The van der Waals surface area contributed by atoms with E-state index >= 15 is 0 Å². The number of hydrogen-bond acceptors (Lipinski definition) is 2. The lowest BCUT2D eigenvalue weighted by Crippen LogP contribution is -2.41. The van der Waals surface area contributed by atoms with Crippen LogP contribution in [0, 0.1) is 0 Å². The van der Waals surface area contributed by atoms with Crippen molar-refractivity contribution in [2.24, 2.45) is 4.99 Å². The first-order valence-electron chi connectivity index (χ1n) is 7.54. The second-order valence-electron chi connectivity index (χ2n) is 5.42. The van der Waals surface area contributed by atoms with Crippen molar-refractivity contribution in [3.05, 3.63) is 35.4 Å². The number of nitrogens with zero attached hydrogens (tertiary/aromatic N) is 3. The number of guanidine groups is 1. The van der Waals surface area contributed by atoms with Crippen LogP contribution in [0.1, 0.15) is 18.1 Å². The third kappa shape index (κ3) is 7.69. The van der Waals surface area contributed by atoms with Crippen molar-refractivity contribution in [3.8, 4) is 0 Å². The summed E-state index contributed by atoms with van der Waals surface area (Å²) in [5, 5.41) is 3.24. The first-order chi connectivity index (χ1) is 10.8. The average Bonchev–Trinajstić information content (AvgIpc) is 2.50. The van der Waals surface area contributed by atoms with Crippen molar-refractivity contribution in [1.82, 2.24) is 15.1 Å². The lowest BCUT2D eigenvalue weighted by atomic mass is 10.1. The van der Waals surface area contributed by atoms with Gasteiger partial charge in [0.1, 0.15) is 0 Å². The maximum absolute atomic E-state index is 12.6. The van der Waals surface area contributed by atoms with E-state index in [0.717, 1.165) is 43.3 Å². The molecule has 138 valence electrons. The Balaban J connectivity index is 0.00000529. The Morgan fingerprint density at radius 2 is 1.75 bits per heavy atom. The highest BCUT2D eigenvalue weighted by molar-refractivity contribution is 14.0. The molecule has 4 nitrogen and oxygen atoms in total. The van der Waals surface area contributed by atoms with Gasteiger partial charge in [-0.1, -0.05) is 19.1 Å². The molecule has 1 aromatic rings. The summed E-state index contributed by atoms with van der Waals surface area (Å²) >= 11 is 0. The topological polar surface area (TPSA) is 30.9 Å². The molecule has 24 heavy (non-hydrogen) atoms. The number of aliphatic imine (C=N–C) groups is 1. The lowest BCUT2D eigenvalue weighted by molar-refractivity contribution is -0.137. The van der Waals surface area contributed by atoms with Gasteiger partial charge in [0.25, 0.3) is 0 Å². The van der Waals surface area contributed by atoms with E-state index < -0.39 is 11.7 Å². The SMILES string of the molecule is CCN(C)CCNC(=NC)N(C)Cc1ccc(C(F)(F)F)cc1.I. The highest BCUT2D eigenvalue weighted by Gasteiger charge is 2.29. The number of likely N-dealkylation sites (N-methyl/N-ethyl adjacent to an activating group) is 1. The zero-order chi connectivity index (χ0) is 17.5. The largest absolute Gasteiger partial charge is 0.416 e. The molecule has 0 spiro atoms.